The number of nitrogens with one attached hydrogen (secondary N) is 1. The van der Waals surface area contributed by atoms with Gasteiger partial charge in [0.25, 0.3) is 0 Å². The fraction of sp³-hybridized carbons (Fsp3) is 0.808. The topological polar surface area (TPSA) is 32.3 Å². The molecule has 0 aromatic heterocycles. The number of carbonyl (C=O) groups is 1. The summed E-state index contributed by atoms with van der Waals surface area (Å²) in [6.45, 7) is 3.34. The van der Waals surface area contributed by atoms with Crippen LogP contribution in [0.15, 0.2) is 23.3 Å². The number of halogens is 3. The van der Waals surface area contributed by atoms with Crippen molar-refractivity contribution in [3.63, 3.8) is 0 Å². The Bertz CT molecular complexity index is 700. The Morgan fingerprint density at radius 3 is 2.25 bits per heavy atom. The number of likely N-dealkylation sites (tertiary alicyclic amines) is 1. The second-order valence-corrected chi connectivity index (χ2v) is 10.5. The summed E-state index contributed by atoms with van der Waals surface area (Å²) < 4.78 is 38.9. The number of hydrogen-bond donors (Lipinski definition) is 1. The van der Waals surface area contributed by atoms with Crippen LogP contribution in [0.2, 0.25) is 0 Å². The van der Waals surface area contributed by atoms with E-state index in [-0.39, 0.29) is 30.2 Å². The van der Waals surface area contributed by atoms with Gasteiger partial charge in [-0.1, -0.05) is 49.8 Å². The molecule has 0 bridgehead atoms. The highest BCUT2D eigenvalue weighted by atomic mass is 19.4. The van der Waals surface area contributed by atoms with Crippen LogP contribution in [0.25, 0.3) is 0 Å². The molecule has 2 saturated carbocycles. The number of amides is 1. The number of allylic oxidation sites excluding steroid dienone is 4. The van der Waals surface area contributed by atoms with E-state index in [0.29, 0.717) is 6.42 Å². The smallest absolute Gasteiger partial charge is 0.353 e. The van der Waals surface area contributed by atoms with Gasteiger partial charge in [-0.05, 0) is 63.2 Å². The molecule has 3 aliphatic carbocycles. The van der Waals surface area contributed by atoms with Crippen LogP contribution < -0.4 is 5.32 Å². The zero-order valence-corrected chi connectivity index (χ0v) is 19.3. The molecular weight excluding hydrogens is 413 g/mol. The zero-order valence-electron chi connectivity index (χ0n) is 19.3. The van der Waals surface area contributed by atoms with Gasteiger partial charge in [-0.25, -0.2) is 0 Å². The highest BCUT2D eigenvalue weighted by Crippen LogP contribution is 2.41. The second kappa shape index (κ2) is 10.8. The van der Waals surface area contributed by atoms with Crippen molar-refractivity contribution in [1.82, 2.24) is 10.2 Å². The lowest BCUT2D eigenvalue weighted by molar-refractivity contribution is -0.128. The van der Waals surface area contributed by atoms with Crippen LogP contribution in [0, 0.1) is 17.8 Å². The number of hydrogen-bond acceptors (Lipinski definition) is 2. The molecule has 6 heteroatoms. The van der Waals surface area contributed by atoms with E-state index < -0.39 is 11.7 Å². The molecule has 0 radical (unpaired) electrons. The Morgan fingerprint density at radius 1 is 0.906 bits per heavy atom. The molecule has 4 aliphatic rings. The Hall–Kier alpha value is -1.30. The summed E-state index contributed by atoms with van der Waals surface area (Å²) in [4.78, 5) is 15.8. The molecule has 0 spiro atoms. The van der Waals surface area contributed by atoms with Crippen molar-refractivity contribution < 1.29 is 18.0 Å². The summed E-state index contributed by atoms with van der Waals surface area (Å²) in [5, 5.41) is 3.33. The van der Waals surface area contributed by atoms with Gasteiger partial charge in [-0.2, -0.15) is 13.2 Å². The molecule has 32 heavy (non-hydrogen) atoms. The summed E-state index contributed by atoms with van der Waals surface area (Å²) in [6.07, 6.45) is 11.9. The van der Waals surface area contributed by atoms with Crippen LogP contribution in [0.4, 0.5) is 13.2 Å². The van der Waals surface area contributed by atoms with Gasteiger partial charge in [0.05, 0.1) is 0 Å². The molecular formula is C26H39F3N2O. The van der Waals surface area contributed by atoms with Crippen LogP contribution in [-0.2, 0) is 4.79 Å². The van der Waals surface area contributed by atoms with Crippen LogP contribution >= 0.6 is 0 Å². The van der Waals surface area contributed by atoms with E-state index in [1.807, 2.05) is 0 Å². The standard InChI is InChI=1S/C26H39F3N2O/c27-26(28,29)21-12-10-20(11-13-21)23-8-4-5-9-24(23)25(32)30-22-14-16-31(17-15-22)18-19-6-2-1-3-7-19/h10,12,19,22-24H,1-9,11,13-18H2,(H,30,32). The molecule has 1 aliphatic heterocycles. The first kappa shape index (κ1) is 23.8. The first-order valence-electron chi connectivity index (χ1n) is 12.9. The summed E-state index contributed by atoms with van der Waals surface area (Å²) in [6, 6.07) is 0.241. The third-order valence-corrected chi connectivity index (χ3v) is 8.30. The maximum atomic E-state index is 13.2. The molecule has 1 saturated heterocycles. The van der Waals surface area contributed by atoms with Gasteiger partial charge < -0.3 is 10.2 Å². The first-order valence-corrected chi connectivity index (χ1v) is 12.9. The summed E-state index contributed by atoms with van der Waals surface area (Å²) in [7, 11) is 0. The third-order valence-electron chi connectivity index (χ3n) is 8.30. The fourth-order valence-electron chi connectivity index (χ4n) is 6.39. The molecule has 0 aromatic rings. The van der Waals surface area contributed by atoms with E-state index >= 15 is 0 Å². The predicted octanol–water partition coefficient (Wildman–Crippen LogP) is 6.16. The minimum Gasteiger partial charge on any atom is -0.353 e. The summed E-state index contributed by atoms with van der Waals surface area (Å²) in [5.74, 6) is 0.998. The Balaban J connectivity index is 1.28. The van der Waals surface area contributed by atoms with E-state index in [2.05, 4.69) is 10.2 Å². The lowest BCUT2D eigenvalue weighted by Gasteiger charge is -2.38. The van der Waals surface area contributed by atoms with E-state index in [0.717, 1.165) is 63.1 Å². The van der Waals surface area contributed by atoms with Crippen molar-refractivity contribution >= 4 is 5.91 Å². The number of carbonyl (C=O) groups excluding carboxylic acids is 1. The maximum Gasteiger partial charge on any atom is 0.412 e. The Kier molecular flexibility index (Phi) is 8.01. The SMILES string of the molecule is O=C(NC1CCN(CC2CCCCC2)CC1)C1CCCCC1C1=CC=C(C(F)(F)F)CC1. The van der Waals surface area contributed by atoms with Gasteiger partial charge in [-0.3, -0.25) is 4.79 Å². The van der Waals surface area contributed by atoms with Gasteiger partial charge in [-0.15, -0.1) is 0 Å². The lowest BCUT2D eigenvalue weighted by atomic mass is 9.72. The van der Waals surface area contributed by atoms with Crippen molar-refractivity contribution in [3.8, 4) is 0 Å². The first-order chi connectivity index (χ1) is 15.4. The minimum atomic E-state index is -4.24. The molecule has 4 rings (SSSR count). The molecule has 180 valence electrons. The average molecular weight is 453 g/mol. The van der Waals surface area contributed by atoms with Gasteiger partial charge >= 0.3 is 6.18 Å². The van der Waals surface area contributed by atoms with Gasteiger partial charge in [0.2, 0.25) is 5.91 Å². The molecule has 0 aromatic carbocycles. The maximum absolute atomic E-state index is 13.2. The minimum absolute atomic E-state index is 0.0413. The molecule has 1 amide bonds. The third kappa shape index (κ3) is 6.18. The van der Waals surface area contributed by atoms with Crippen molar-refractivity contribution in [2.24, 2.45) is 17.8 Å². The number of alkyl halides is 3. The van der Waals surface area contributed by atoms with Crippen molar-refractivity contribution in [2.45, 2.75) is 95.7 Å². The second-order valence-electron chi connectivity index (χ2n) is 10.5. The largest absolute Gasteiger partial charge is 0.412 e. The zero-order chi connectivity index (χ0) is 22.6. The number of nitrogens with zero attached hydrogens (tertiary/aromatic N) is 1. The molecule has 3 nitrogen and oxygen atoms in total. The average Bonchev–Trinajstić information content (AvgIpc) is 2.80. The molecule has 1 heterocycles. The number of rotatable bonds is 5. The van der Waals surface area contributed by atoms with Gasteiger partial charge in [0.1, 0.15) is 0 Å². The summed E-state index contributed by atoms with van der Waals surface area (Å²) >= 11 is 0. The monoisotopic (exact) mass is 452 g/mol. The number of piperidine rings is 1. The van der Waals surface area contributed by atoms with E-state index in [1.165, 1.54) is 44.7 Å². The molecule has 3 fully saturated rings. The van der Waals surface area contributed by atoms with Gasteiger partial charge in [0.15, 0.2) is 0 Å². The molecule has 2 atom stereocenters. The highest BCUT2D eigenvalue weighted by Gasteiger charge is 2.38. The van der Waals surface area contributed by atoms with E-state index in [1.54, 1.807) is 6.08 Å². The van der Waals surface area contributed by atoms with Crippen molar-refractivity contribution in [2.75, 3.05) is 19.6 Å². The van der Waals surface area contributed by atoms with Crippen molar-refractivity contribution in [1.29, 1.82) is 0 Å². The van der Waals surface area contributed by atoms with Crippen LogP contribution in [0.1, 0.15) is 83.5 Å². The van der Waals surface area contributed by atoms with Crippen LogP contribution in [0.3, 0.4) is 0 Å². The van der Waals surface area contributed by atoms with Crippen molar-refractivity contribution in [3.05, 3.63) is 23.3 Å². The van der Waals surface area contributed by atoms with Crippen LogP contribution in [-0.4, -0.2) is 42.7 Å². The quantitative estimate of drug-likeness (QED) is 0.542. The molecule has 2 unspecified atom stereocenters. The van der Waals surface area contributed by atoms with E-state index in [4.69, 9.17) is 0 Å². The predicted molar refractivity (Wildman–Crippen MR) is 121 cm³/mol. The Morgan fingerprint density at radius 2 is 1.59 bits per heavy atom. The van der Waals surface area contributed by atoms with Gasteiger partial charge in [0, 0.05) is 37.2 Å². The normalized spacial score (nSPS) is 29.3. The molecule has 1 N–H and O–H groups in total. The highest BCUT2D eigenvalue weighted by molar-refractivity contribution is 5.79. The fourth-order valence-corrected chi connectivity index (χ4v) is 6.39. The Labute approximate surface area is 190 Å². The van der Waals surface area contributed by atoms with Crippen LogP contribution in [0.5, 0.6) is 0 Å². The van der Waals surface area contributed by atoms with E-state index in [9.17, 15) is 18.0 Å². The lowest BCUT2D eigenvalue weighted by Crippen LogP contribution is -2.48. The summed E-state index contributed by atoms with van der Waals surface area (Å²) in [5.41, 5.74) is 0.596.